The average molecular weight is 450 g/mol. The van der Waals surface area contributed by atoms with Crippen molar-refractivity contribution in [2.24, 2.45) is 16.3 Å². The zero-order valence-corrected chi connectivity index (χ0v) is 17.9. The van der Waals surface area contributed by atoms with Crippen LogP contribution in [0.2, 0.25) is 0 Å². The average Bonchev–Trinajstić information content (AvgIpc) is 3.06. The number of carbonyl (C=O) groups excluding carboxylic acids is 1. The Labute approximate surface area is 164 Å². The Morgan fingerprint density at radius 1 is 1.25 bits per heavy atom. The van der Waals surface area contributed by atoms with Crippen LogP contribution < -0.4 is 10.6 Å². The molecule has 1 amide bonds. The molecule has 0 aromatic rings. The molecular weight excluding hydrogens is 415 g/mol. The minimum absolute atomic E-state index is 0. The molecule has 0 spiro atoms. The second-order valence-electron chi connectivity index (χ2n) is 7.27. The highest BCUT2D eigenvalue weighted by molar-refractivity contribution is 14.0. The summed E-state index contributed by atoms with van der Waals surface area (Å²) in [5.41, 5.74) is 0.480. The van der Waals surface area contributed by atoms with Gasteiger partial charge in [-0.05, 0) is 43.4 Å². The molecule has 0 aromatic heterocycles. The van der Waals surface area contributed by atoms with E-state index in [4.69, 9.17) is 0 Å². The minimum atomic E-state index is 0. The first-order valence-electron chi connectivity index (χ1n) is 9.28. The van der Waals surface area contributed by atoms with Crippen molar-refractivity contribution in [1.82, 2.24) is 15.5 Å². The van der Waals surface area contributed by atoms with Gasteiger partial charge in [0, 0.05) is 40.2 Å². The van der Waals surface area contributed by atoms with Crippen LogP contribution in [0.4, 0.5) is 0 Å². The van der Waals surface area contributed by atoms with Crippen LogP contribution >= 0.6 is 24.0 Å². The van der Waals surface area contributed by atoms with Gasteiger partial charge in [0.2, 0.25) is 5.91 Å². The summed E-state index contributed by atoms with van der Waals surface area (Å²) in [6.45, 7) is 5.37. The summed E-state index contributed by atoms with van der Waals surface area (Å²) in [5, 5.41) is 6.37. The predicted molar refractivity (Wildman–Crippen MR) is 111 cm³/mol. The highest BCUT2D eigenvalue weighted by atomic mass is 127. The fourth-order valence-electron chi connectivity index (χ4n) is 4.09. The fourth-order valence-corrected chi connectivity index (χ4v) is 4.09. The van der Waals surface area contributed by atoms with Gasteiger partial charge >= 0.3 is 0 Å². The van der Waals surface area contributed by atoms with Crippen molar-refractivity contribution in [3.8, 4) is 0 Å². The topological polar surface area (TPSA) is 56.7 Å². The summed E-state index contributed by atoms with van der Waals surface area (Å²) >= 11 is 0. The lowest BCUT2D eigenvalue weighted by atomic mass is 9.83. The molecule has 1 saturated heterocycles. The zero-order valence-electron chi connectivity index (χ0n) is 15.6. The lowest BCUT2D eigenvalue weighted by Crippen LogP contribution is -2.48. The van der Waals surface area contributed by atoms with Crippen LogP contribution in [0, 0.1) is 11.3 Å². The molecule has 0 atom stereocenters. The Kier molecular flexibility index (Phi) is 9.37. The van der Waals surface area contributed by atoms with Crippen LogP contribution in [-0.4, -0.2) is 50.5 Å². The lowest BCUT2D eigenvalue weighted by Gasteiger charge is -2.36. The van der Waals surface area contributed by atoms with E-state index in [2.05, 4.69) is 27.4 Å². The van der Waals surface area contributed by atoms with E-state index in [1.54, 1.807) is 7.05 Å². The summed E-state index contributed by atoms with van der Waals surface area (Å²) in [5.74, 6) is 1.72. The number of amides is 1. The second-order valence-corrected chi connectivity index (χ2v) is 7.27. The third kappa shape index (κ3) is 5.77. The first-order chi connectivity index (χ1) is 11.1. The monoisotopic (exact) mass is 450 g/mol. The van der Waals surface area contributed by atoms with Gasteiger partial charge in [0.1, 0.15) is 0 Å². The van der Waals surface area contributed by atoms with E-state index in [1.807, 2.05) is 7.05 Å². The SMILES string of the molecule is CCC1(CNC(=NC)N2CCC(CC(=O)NC)CC2)CCCC1.I. The van der Waals surface area contributed by atoms with Crippen LogP contribution in [0.5, 0.6) is 0 Å². The van der Waals surface area contributed by atoms with Gasteiger partial charge < -0.3 is 15.5 Å². The third-order valence-electron chi connectivity index (χ3n) is 5.91. The molecule has 1 aliphatic heterocycles. The number of guanidine groups is 1. The van der Waals surface area contributed by atoms with Gasteiger partial charge in [0.05, 0.1) is 0 Å². The first-order valence-corrected chi connectivity index (χ1v) is 9.28. The van der Waals surface area contributed by atoms with Gasteiger partial charge in [-0.25, -0.2) is 0 Å². The molecule has 140 valence electrons. The zero-order chi connectivity index (χ0) is 16.7. The molecule has 0 unspecified atom stereocenters. The molecule has 2 fully saturated rings. The van der Waals surface area contributed by atoms with E-state index in [1.165, 1.54) is 32.1 Å². The molecule has 1 aliphatic carbocycles. The number of nitrogens with one attached hydrogen (secondary N) is 2. The summed E-state index contributed by atoms with van der Waals surface area (Å²) in [6, 6.07) is 0. The van der Waals surface area contributed by atoms with E-state index in [0.29, 0.717) is 17.8 Å². The van der Waals surface area contributed by atoms with Gasteiger partial charge in [-0.15, -0.1) is 24.0 Å². The molecule has 2 N–H and O–H groups in total. The number of carbonyl (C=O) groups is 1. The number of hydrogen-bond donors (Lipinski definition) is 2. The summed E-state index contributed by atoms with van der Waals surface area (Å²) in [4.78, 5) is 18.4. The highest BCUT2D eigenvalue weighted by Crippen LogP contribution is 2.40. The maximum atomic E-state index is 11.5. The predicted octanol–water partition coefficient (Wildman–Crippen LogP) is 3.00. The third-order valence-corrected chi connectivity index (χ3v) is 5.91. The van der Waals surface area contributed by atoms with Gasteiger partial charge in [0.25, 0.3) is 0 Å². The van der Waals surface area contributed by atoms with Crippen LogP contribution in [-0.2, 0) is 4.79 Å². The molecule has 1 saturated carbocycles. The molecular formula is C18H35IN4O. The molecule has 2 aliphatic rings. The van der Waals surface area contributed by atoms with E-state index < -0.39 is 0 Å². The lowest BCUT2D eigenvalue weighted by molar-refractivity contribution is -0.121. The standard InChI is InChI=1S/C18H34N4O.HI/c1-4-18(9-5-6-10-18)14-21-17(20-3)22-11-7-15(8-12-22)13-16(23)19-2;/h15H,4-14H2,1-3H3,(H,19,23)(H,20,21);1H. The van der Waals surface area contributed by atoms with Crippen LogP contribution in [0.3, 0.4) is 0 Å². The van der Waals surface area contributed by atoms with E-state index in [9.17, 15) is 4.79 Å². The van der Waals surface area contributed by atoms with Gasteiger partial charge in [0.15, 0.2) is 5.96 Å². The van der Waals surface area contributed by atoms with Crippen molar-refractivity contribution >= 4 is 35.8 Å². The number of hydrogen-bond acceptors (Lipinski definition) is 2. The Hall–Kier alpha value is -0.530. The molecule has 6 heteroatoms. The summed E-state index contributed by atoms with van der Waals surface area (Å²) < 4.78 is 0. The largest absolute Gasteiger partial charge is 0.359 e. The number of halogens is 1. The van der Waals surface area contributed by atoms with Crippen molar-refractivity contribution in [3.63, 3.8) is 0 Å². The maximum Gasteiger partial charge on any atom is 0.220 e. The number of nitrogens with zero attached hydrogens (tertiary/aromatic N) is 2. The molecule has 1 heterocycles. The molecule has 0 bridgehead atoms. The number of piperidine rings is 1. The Morgan fingerprint density at radius 3 is 2.38 bits per heavy atom. The smallest absolute Gasteiger partial charge is 0.220 e. The summed E-state index contributed by atoms with van der Waals surface area (Å²) in [7, 11) is 3.60. The van der Waals surface area contributed by atoms with Gasteiger partial charge in [-0.1, -0.05) is 19.8 Å². The van der Waals surface area contributed by atoms with Crippen LogP contribution in [0.15, 0.2) is 4.99 Å². The Morgan fingerprint density at radius 2 is 1.88 bits per heavy atom. The van der Waals surface area contributed by atoms with E-state index in [0.717, 1.165) is 38.4 Å². The number of likely N-dealkylation sites (tertiary alicyclic amines) is 1. The maximum absolute atomic E-state index is 11.5. The van der Waals surface area contributed by atoms with Crippen molar-refractivity contribution in [2.75, 3.05) is 33.7 Å². The van der Waals surface area contributed by atoms with Crippen LogP contribution in [0.1, 0.15) is 58.3 Å². The molecule has 5 nitrogen and oxygen atoms in total. The number of aliphatic imine (C=N–C) groups is 1. The number of rotatable bonds is 5. The van der Waals surface area contributed by atoms with E-state index in [-0.39, 0.29) is 29.9 Å². The van der Waals surface area contributed by atoms with Crippen molar-refractivity contribution in [2.45, 2.75) is 58.3 Å². The van der Waals surface area contributed by atoms with Gasteiger partial charge in [-0.2, -0.15) is 0 Å². The van der Waals surface area contributed by atoms with Crippen molar-refractivity contribution in [3.05, 3.63) is 0 Å². The Balaban J connectivity index is 0.00000288. The Bertz CT molecular complexity index is 413. The van der Waals surface area contributed by atoms with Crippen molar-refractivity contribution in [1.29, 1.82) is 0 Å². The van der Waals surface area contributed by atoms with Gasteiger partial charge in [-0.3, -0.25) is 9.79 Å². The van der Waals surface area contributed by atoms with Crippen molar-refractivity contribution < 1.29 is 4.79 Å². The normalized spacial score (nSPS) is 21.3. The molecule has 24 heavy (non-hydrogen) atoms. The highest BCUT2D eigenvalue weighted by Gasteiger charge is 2.32. The summed E-state index contributed by atoms with van der Waals surface area (Å²) in [6.07, 6.45) is 9.52. The first kappa shape index (κ1) is 21.5. The molecule has 2 rings (SSSR count). The second kappa shape index (κ2) is 10.5. The molecule has 0 radical (unpaired) electrons. The minimum Gasteiger partial charge on any atom is -0.359 e. The fraction of sp³-hybridized carbons (Fsp3) is 0.889. The molecule has 0 aromatic carbocycles. The quantitative estimate of drug-likeness (QED) is 0.385. The van der Waals surface area contributed by atoms with E-state index >= 15 is 0 Å². The van der Waals surface area contributed by atoms with Crippen LogP contribution in [0.25, 0.3) is 0 Å².